The van der Waals surface area contributed by atoms with Crippen LogP contribution in [0.1, 0.15) is 29.8 Å². The lowest BCUT2D eigenvalue weighted by molar-refractivity contribution is 0.0727. The Kier molecular flexibility index (Phi) is 7.54. The summed E-state index contributed by atoms with van der Waals surface area (Å²) >= 11 is 0. The molecule has 0 spiro atoms. The van der Waals surface area contributed by atoms with Crippen LogP contribution in [0.2, 0.25) is 0 Å². The maximum Gasteiger partial charge on any atom is 0.343 e. The zero-order valence-electron chi connectivity index (χ0n) is 19.7. The summed E-state index contributed by atoms with van der Waals surface area (Å²) in [5.74, 6) is -3.38. The zero-order valence-corrected chi connectivity index (χ0v) is 19.7. The minimum atomic E-state index is -0.989. The fourth-order valence-electron chi connectivity index (χ4n) is 3.73. The highest BCUT2D eigenvalue weighted by Crippen LogP contribution is 2.32. The summed E-state index contributed by atoms with van der Waals surface area (Å²) < 4.78 is 54.5. The summed E-state index contributed by atoms with van der Waals surface area (Å²) in [6.45, 7) is 4.05. The van der Waals surface area contributed by atoms with E-state index in [0.29, 0.717) is 23.5 Å². The molecule has 36 heavy (non-hydrogen) atoms. The van der Waals surface area contributed by atoms with Crippen LogP contribution in [-0.4, -0.2) is 12.6 Å². The molecule has 0 unspecified atom stereocenters. The number of carbonyl (C=O) groups excluding carboxylic acids is 1. The molecule has 4 aromatic rings. The van der Waals surface area contributed by atoms with E-state index >= 15 is 0 Å². The molecule has 3 nitrogen and oxygen atoms in total. The van der Waals surface area contributed by atoms with Crippen molar-refractivity contribution in [3.8, 4) is 33.8 Å². The molecule has 0 saturated heterocycles. The maximum atomic E-state index is 15.0. The third-order valence-corrected chi connectivity index (χ3v) is 5.51. The van der Waals surface area contributed by atoms with Gasteiger partial charge in [-0.25, -0.2) is 18.0 Å². The predicted molar refractivity (Wildman–Crippen MR) is 134 cm³/mol. The second kappa shape index (κ2) is 11.0. The number of allylic oxidation sites excluding steroid dienone is 1. The van der Waals surface area contributed by atoms with E-state index in [9.17, 15) is 18.0 Å². The van der Waals surface area contributed by atoms with Gasteiger partial charge in [0.1, 0.15) is 5.75 Å². The Balaban J connectivity index is 1.53. The van der Waals surface area contributed by atoms with Crippen LogP contribution < -0.4 is 9.47 Å². The lowest BCUT2D eigenvalue weighted by Gasteiger charge is -2.11. The van der Waals surface area contributed by atoms with Gasteiger partial charge in [-0.2, -0.15) is 0 Å². The van der Waals surface area contributed by atoms with Crippen molar-refractivity contribution in [1.82, 2.24) is 0 Å². The average Bonchev–Trinajstić information content (AvgIpc) is 2.88. The van der Waals surface area contributed by atoms with Gasteiger partial charge in [0.05, 0.1) is 12.2 Å². The molecule has 182 valence electrons. The SMILES string of the molecule is CC=Cc1ccc(-c2ccc(-c3ccc(C(=O)Oc4ccc(OCC)cc4F)cc3)c(F)c2F)cc1. The van der Waals surface area contributed by atoms with Crippen molar-refractivity contribution in [2.24, 2.45) is 0 Å². The van der Waals surface area contributed by atoms with E-state index in [2.05, 4.69) is 0 Å². The van der Waals surface area contributed by atoms with Crippen molar-refractivity contribution in [2.45, 2.75) is 13.8 Å². The Bertz CT molecular complexity index is 1410. The van der Waals surface area contributed by atoms with Crippen LogP contribution in [0.15, 0.2) is 84.9 Å². The topological polar surface area (TPSA) is 35.5 Å². The Labute approximate surface area is 207 Å². The van der Waals surface area contributed by atoms with Crippen molar-refractivity contribution >= 4 is 12.0 Å². The lowest BCUT2D eigenvalue weighted by atomic mass is 9.97. The highest BCUT2D eigenvalue weighted by molar-refractivity contribution is 5.91. The molecule has 0 radical (unpaired) electrons. The molecule has 0 bridgehead atoms. The summed E-state index contributed by atoms with van der Waals surface area (Å²) in [6.07, 6.45) is 3.81. The second-order valence-corrected chi connectivity index (χ2v) is 7.90. The number of benzene rings is 4. The van der Waals surface area contributed by atoms with Crippen molar-refractivity contribution in [3.63, 3.8) is 0 Å². The molecule has 0 aliphatic heterocycles. The highest BCUT2D eigenvalue weighted by atomic mass is 19.2. The van der Waals surface area contributed by atoms with E-state index in [1.165, 1.54) is 48.5 Å². The standard InChI is InChI=1S/C30H23F3O3/c1-3-5-19-6-8-20(9-7-19)24-15-16-25(29(33)28(24)32)21-10-12-22(13-11-21)30(34)36-27-17-14-23(35-4-2)18-26(27)31/h3,5-18H,4H2,1-2H3. The third kappa shape index (κ3) is 5.33. The summed E-state index contributed by atoms with van der Waals surface area (Å²) in [5, 5.41) is 0. The van der Waals surface area contributed by atoms with Crippen LogP contribution in [0.4, 0.5) is 13.2 Å². The van der Waals surface area contributed by atoms with Crippen molar-refractivity contribution in [2.75, 3.05) is 6.61 Å². The van der Waals surface area contributed by atoms with E-state index in [4.69, 9.17) is 9.47 Å². The molecule has 4 rings (SSSR count). The predicted octanol–water partition coefficient (Wildman–Crippen LogP) is 8.09. The van der Waals surface area contributed by atoms with E-state index in [1.54, 1.807) is 19.1 Å². The molecular weight excluding hydrogens is 465 g/mol. The van der Waals surface area contributed by atoms with Crippen LogP contribution in [0.3, 0.4) is 0 Å². The van der Waals surface area contributed by atoms with Gasteiger partial charge in [-0.05, 0) is 54.8 Å². The molecule has 4 aromatic carbocycles. The number of carbonyl (C=O) groups is 1. The fourth-order valence-corrected chi connectivity index (χ4v) is 3.73. The van der Waals surface area contributed by atoms with E-state index in [1.807, 2.05) is 31.2 Å². The monoisotopic (exact) mass is 488 g/mol. The van der Waals surface area contributed by atoms with Gasteiger partial charge < -0.3 is 9.47 Å². The molecule has 0 amide bonds. The van der Waals surface area contributed by atoms with Crippen molar-refractivity contribution in [1.29, 1.82) is 0 Å². The fraction of sp³-hybridized carbons (Fsp3) is 0.100. The Morgan fingerprint density at radius 1 is 0.806 bits per heavy atom. The van der Waals surface area contributed by atoms with E-state index in [-0.39, 0.29) is 22.4 Å². The number of esters is 1. The van der Waals surface area contributed by atoms with E-state index < -0.39 is 23.4 Å². The first-order valence-corrected chi connectivity index (χ1v) is 11.4. The molecule has 0 aliphatic carbocycles. The third-order valence-electron chi connectivity index (χ3n) is 5.51. The van der Waals surface area contributed by atoms with Gasteiger partial charge in [-0.1, -0.05) is 60.7 Å². The normalized spacial score (nSPS) is 11.0. The summed E-state index contributed by atoms with van der Waals surface area (Å²) in [7, 11) is 0. The van der Waals surface area contributed by atoms with Crippen LogP contribution in [0, 0.1) is 17.5 Å². The molecule has 0 fully saturated rings. The summed E-state index contributed by atoms with van der Waals surface area (Å²) in [6, 6.07) is 19.9. The molecular formula is C30H23F3O3. The van der Waals surface area contributed by atoms with Gasteiger partial charge in [-0.3, -0.25) is 0 Å². The minimum Gasteiger partial charge on any atom is -0.494 e. The van der Waals surface area contributed by atoms with Crippen LogP contribution in [0.5, 0.6) is 11.5 Å². The van der Waals surface area contributed by atoms with Gasteiger partial charge in [0.25, 0.3) is 0 Å². The number of rotatable bonds is 7. The quantitative estimate of drug-likeness (QED) is 0.195. The zero-order chi connectivity index (χ0) is 25.7. The summed E-state index contributed by atoms with van der Waals surface area (Å²) in [4.78, 5) is 12.5. The Hall–Kier alpha value is -4.32. The summed E-state index contributed by atoms with van der Waals surface area (Å²) in [5.41, 5.74) is 2.24. The van der Waals surface area contributed by atoms with Crippen LogP contribution >= 0.6 is 0 Å². The smallest absolute Gasteiger partial charge is 0.343 e. The van der Waals surface area contributed by atoms with Gasteiger partial charge >= 0.3 is 5.97 Å². The molecule has 0 aliphatic rings. The lowest BCUT2D eigenvalue weighted by Crippen LogP contribution is -2.09. The maximum absolute atomic E-state index is 15.0. The molecule has 0 heterocycles. The molecule has 6 heteroatoms. The molecule has 0 aromatic heterocycles. The van der Waals surface area contributed by atoms with Crippen LogP contribution in [-0.2, 0) is 0 Å². The molecule has 0 N–H and O–H groups in total. The number of hydrogen-bond donors (Lipinski definition) is 0. The van der Waals surface area contributed by atoms with Gasteiger partial charge in [0.2, 0.25) is 0 Å². The molecule has 0 atom stereocenters. The van der Waals surface area contributed by atoms with E-state index in [0.717, 1.165) is 11.6 Å². The first-order chi connectivity index (χ1) is 17.4. The van der Waals surface area contributed by atoms with Gasteiger partial charge in [-0.15, -0.1) is 0 Å². The minimum absolute atomic E-state index is 0.0549. The van der Waals surface area contributed by atoms with Crippen molar-refractivity contribution in [3.05, 3.63) is 114 Å². The second-order valence-electron chi connectivity index (χ2n) is 7.90. The number of halogens is 3. The van der Waals surface area contributed by atoms with Gasteiger partial charge in [0, 0.05) is 17.2 Å². The van der Waals surface area contributed by atoms with Gasteiger partial charge in [0.15, 0.2) is 23.2 Å². The first kappa shape index (κ1) is 24.8. The molecule has 0 saturated carbocycles. The van der Waals surface area contributed by atoms with Crippen LogP contribution in [0.25, 0.3) is 28.3 Å². The first-order valence-electron chi connectivity index (χ1n) is 11.4. The Morgan fingerprint density at radius 2 is 1.39 bits per heavy atom. The number of ether oxygens (including phenoxy) is 2. The average molecular weight is 489 g/mol. The number of hydrogen-bond acceptors (Lipinski definition) is 3. The largest absolute Gasteiger partial charge is 0.494 e. The Morgan fingerprint density at radius 3 is 1.92 bits per heavy atom. The van der Waals surface area contributed by atoms with Crippen molar-refractivity contribution < 1.29 is 27.4 Å². The highest BCUT2D eigenvalue weighted by Gasteiger charge is 2.17.